The third kappa shape index (κ3) is 3.56. The summed E-state index contributed by atoms with van der Waals surface area (Å²) in [6.07, 6.45) is 0. The molecular formula is C19H14FN3O2. The summed E-state index contributed by atoms with van der Waals surface area (Å²) in [5, 5.41) is 13.2. The van der Waals surface area contributed by atoms with Gasteiger partial charge in [-0.15, -0.1) is 0 Å². The van der Waals surface area contributed by atoms with Crippen LogP contribution in [0.3, 0.4) is 0 Å². The molecule has 3 rings (SSSR count). The van der Waals surface area contributed by atoms with Crippen LogP contribution in [0.15, 0.2) is 59.4 Å². The quantitative estimate of drug-likeness (QED) is 0.735. The van der Waals surface area contributed by atoms with Crippen LogP contribution in [-0.4, -0.2) is 16.9 Å². The van der Waals surface area contributed by atoms with Gasteiger partial charge in [0.1, 0.15) is 11.6 Å². The number of nitrogens with zero attached hydrogens (tertiary/aromatic N) is 3. The predicted octanol–water partition coefficient (Wildman–Crippen LogP) is 2.98. The lowest BCUT2D eigenvalue weighted by molar-refractivity contribution is 0.412. The van der Waals surface area contributed by atoms with Crippen LogP contribution in [0, 0.1) is 17.1 Å². The average Bonchev–Trinajstić information content (AvgIpc) is 2.64. The number of halogens is 1. The largest absolute Gasteiger partial charge is 0.496 e. The van der Waals surface area contributed by atoms with Crippen molar-refractivity contribution in [2.45, 2.75) is 6.54 Å². The van der Waals surface area contributed by atoms with Crippen molar-refractivity contribution in [1.82, 2.24) is 9.78 Å². The number of rotatable bonds is 4. The highest BCUT2D eigenvalue weighted by molar-refractivity contribution is 5.66. The standard InChI is InChI=1S/C19H14FN3O2/c1-25-18-10-15(20)6-7-16(18)17-8-9-19(24)23(22-17)12-14-4-2-13(11-21)3-5-14/h2-10H,12H2,1H3. The minimum atomic E-state index is -0.411. The van der Waals surface area contributed by atoms with E-state index in [9.17, 15) is 9.18 Å². The summed E-state index contributed by atoms with van der Waals surface area (Å²) in [5.41, 5.74) is 2.24. The van der Waals surface area contributed by atoms with E-state index in [1.807, 2.05) is 6.07 Å². The Balaban J connectivity index is 1.98. The molecule has 0 spiro atoms. The van der Waals surface area contributed by atoms with Gasteiger partial charge < -0.3 is 4.74 Å². The fourth-order valence-electron chi connectivity index (χ4n) is 2.44. The summed E-state index contributed by atoms with van der Waals surface area (Å²) in [4.78, 5) is 12.1. The molecule has 124 valence electrons. The molecule has 2 aromatic carbocycles. The third-order valence-corrected chi connectivity index (χ3v) is 3.72. The molecule has 1 aromatic heterocycles. The highest BCUT2D eigenvalue weighted by atomic mass is 19.1. The first-order valence-electron chi connectivity index (χ1n) is 7.52. The van der Waals surface area contributed by atoms with Gasteiger partial charge in [-0.25, -0.2) is 9.07 Å². The monoisotopic (exact) mass is 335 g/mol. The van der Waals surface area contributed by atoms with Gasteiger partial charge in [0.2, 0.25) is 0 Å². The van der Waals surface area contributed by atoms with E-state index in [0.717, 1.165) is 5.56 Å². The highest BCUT2D eigenvalue weighted by Gasteiger charge is 2.10. The van der Waals surface area contributed by atoms with Crippen molar-refractivity contribution in [2.75, 3.05) is 7.11 Å². The number of hydrogen-bond donors (Lipinski definition) is 0. The lowest BCUT2D eigenvalue weighted by Crippen LogP contribution is -2.22. The van der Waals surface area contributed by atoms with Gasteiger partial charge >= 0.3 is 0 Å². The van der Waals surface area contributed by atoms with E-state index < -0.39 is 5.82 Å². The normalized spacial score (nSPS) is 10.3. The van der Waals surface area contributed by atoms with Gasteiger partial charge in [-0.05, 0) is 35.9 Å². The summed E-state index contributed by atoms with van der Waals surface area (Å²) in [6, 6.07) is 16.1. The second kappa shape index (κ2) is 6.97. The molecule has 1 heterocycles. The van der Waals surface area contributed by atoms with E-state index in [4.69, 9.17) is 10.00 Å². The summed E-state index contributed by atoms with van der Waals surface area (Å²) < 4.78 is 19.9. The lowest BCUT2D eigenvalue weighted by Gasteiger charge is -2.10. The van der Waals surface area contributed by atoms with Crippen LogP contribution in [-0.2, 0) is 6.54 Å². The fourth-order valence-corrected chi connectivity index (χ4v) is 2.44. The maximum absolute atomic E-state index is 13.4. The summed E-state index contributed by atoms with van der Waals surface area (Å²) >= 11 is 0. The topological polar surface area (TPSA) is 67.9 Å². The van der Waals surface area contributed by atoms with Crippen LogP contribution in [0.1, 0.15) is 11.1 Å². The molecule has 0 aliphatic rings. The van der Waals surface area contributed by atoms with Crippen LogP contribution in [0.5, 0.6) is 5.75 Å². The molecular weight excluding hydrogens is 321 g/mol. The summed E-state index contributed by atoms with van der Waals surface area (Å²) in [6.45, 7) is 0.266. The second-order valence-corrected chi connectivity index (χ2v) is 5.37. The Hall–Kier alpha value is -3.46. The number of benzene rings is 2. The van der Waals surface area contributed by atoms with E-state index in [-0.39, 0.29) is 12.1 Å². The van der Waals surface area contributed by atoms with Crippen LogP contribution < -0.4 is 10.3 Å². The number of methoxy groups -OCH3 is 1. The molecule has 0 atom stereocenters. The highest BCUT2D eigenvalue weighted by Crippen LogP contribution is 2.28. The molecule has 25 heavy (non-hydrogen) atoms. The Morgan fingerprint density at radius 3 is 2.60 bits per heavy atom. The van der Waals surface area contributed by atoms with Crippen LogP contribution in [0.2, 0.25) is 0 Å². The zero-order valence-electron chi connectivity index (χ0n) is 13.4. The fraction of sp³-hybridized carbons (Fsp3) is 0.105. The van der Waals surface area contributed by atoms with Crippen molar-refractivity contribution >= 4 is 0 Å². The van der Waals surface area contributed by atoms with Gasteiger partial charge in [0.05, 0.1) is 31.0 Å². The zero-order chi connectivity index (χ0) is 17.8. The molecule has 0 amide bonds. The Bertz CT molecular complexity index is 1000. The smallest absolute Gasteiger partial charge is 0.267 e. The molecule has 0 saturated heterocycles. The number of nitriles is 1. The molecule has 6 heteroatoms. The molecule has 0 N–H and O–H groups in total. The van der Waals surface area contributed by atoms with Crippen LogP contribution >= 0.6 is 0 Å². The molecule has 5 nitrogen and oxygen atoms in total. The zero-order valence-corrected chi connectivity index (χ0v) is 13.4. The van der Waals surface area contributed by atoms with Crippen LogP contribution in [0.4, 0.5) is 4.39 Å². The van der Waals surface area contributed by atoms with E-state index in [2.05, 4.69) is 5.10 Å². The van der Waals surface area contributed by atoms with Crippen molar-refractivity contribution in [2.24, 2.45) is 0 Å². The Labute approximate surface area is 143 Å². The summed E-state index contributed by atoms with van der Waals surface area (Å²) in [5.74, 6) is -0.0671. The minimum absolute atomic E-state index is 0.255. The minimum Gasteiger partial charge on any atom is -0.496 e. The Morgan fingerprint density at radius 1 is 1.16 bits per heavy atom. The third-order valence-electron chi connectivity index (χ3n) is 3.72. The van der Waals surface area contributed by atoms with Gasteiger partial charge in [0.25, 0.3) is 5.56 Å². The molecule has 0 aliphatic heterocycles. The molecule has 3 aromatic rings. The average molecular weight is 335 g/mol. The molecule has 0 aliphatic carbocycles. The maximum Gasteiger partial charge on any atom is 0.267 e. The summed E-state index contributed by atoms with van der Waals surface area (Å²) in [7, 11) is 1.45. The van der Waals surface area contributed by atoms with E-state index in [1.54, 1.807) is 36.4 Å². The number of ether oxygens (including phenoxy) is 1. The van der Waals surface area contributed by atoms with E-state index >= 15 is 0 Å². The number of hydrogen-bond acceptors (Lipinski definition) is 4. The first kappa shape index (κ1) is 16.4. The van der Waals surface area contributed by atoms with Gasteiger partial charge in [-0.3, -0.25) is 4.79 Å². The van der Waals surface area contributed by atoms with E-state index in [1.165, 1.54) is 30.0 Å². The SMILES string of the molecule is COc1cc(F)ccc1-c1ccc(=O)n(Cc2ccc(C#N)cc2)n1. The van der Waals surface area contributed by atoms with Crippen LogP contribution in [0.25, 0.3) is 11.3 Å². The van der Waals surface area contributed by atoms with Gasteiger partial charge in [0, 0.05) is 17.7 Å². The number of aromatic nitrogens is 2. The predicted molar refractivity (Wildman–Crippen MR) is 90.7 cm³/mol. The Morgan fingerprint density at radius 2 is 1.92 bits per heavy atom. The maximum atomic E-state index is 13.4. The van der Waals surface area contributed by atoms with E-state index in [0.29, 0.717) is 22.6 Å². The second-order valence-electron chi connectivity index (χ2n) is 5.37. The van der Waals surface area contributed by atoms with Crippen molar-refractivity contribution in [3.05, 3.63) is 81.9 Å². The van der Waals surface area contributed by atoms with Gasteiger partial charge in [-0.1, -0.05) is 12.1 Å². The first-order valence-corrected chi connectivity index (χ1v) is 7.52. The van der Waals surface area contributed by atoms with Crippen molar-refractivity contribution in [3.8, 4) is 23.1 Å². The molecule has 0 unspecified atom stereocenters. The molecule has 0 bridgehead atoms. The van der Waals surface area contributed by atoms with Crippen molar-refractivity contribution in [1.29, 1.82) is 5.26 Å². The Kier molecular flexibility index (Phi) is 4.57. The lowest BCUT2D eigenvalue weighted by atomic mass is 10.1. The van der Waals surface area contributed by atoms with Gasteiger partial charge in [0.15, 0.2) is 0 Å². The van der Waals surface area contributed by atoms with Gasteiger partial charge in [-0.2, -0.15) is 10.4 Å². The van der Waals surface area contributed by atoms with Crippen molar-refractivity contribution < 1.29 is 9.13 Å². The molecule has 0 fully saturated rings. The first-order chi connectivity index (χ1) is 12.1. The molecule has 0 saturated carbocycles. The van der Waals surface area contributed by atoms with Crippen molar-refractivity contribution in [3.63, 3.8) is 0 Å². The molecule has 0 radical (unpaired) electrons.